The molecule has 0 fully saturated rings. The van der Waals surface area contributed by atoms with Crippen LogP contribution in [0, 0.1) is 6.92 Å². The molecule has 6 heteroatoms. The highest BCUT2D eigenvalue weighted by molar-refractivity contribution is 5.99. The van der Waals surface area contributed by atoms with Crippen molar-refractivity contribution in [3.63, 3.8) is 0 Å². The van der Waals surface area contributed by atoms with Gasteiger partial charge in [-0.15, -0.1) is 0 Å². The summed E-state index contributed by atoms with van der Waals surface area (Å²) in [5.74, 6) is 0.833. The van der Waals surface area contributed by atoms with Crippen LogP contribution in [-0.4, -0.2) is 28.3 Å². The Bertz CT molecular complexity index is 905. The summed E-state index contributed by atoms with van der Waals surface area (Å²) in [5.41, 5.74) is 15.1. The molecule has 140 valence electrons. The number of aromatic nitrogens is 2. The van der Waals surface area contributed by atoms with Gasteiger partial charge >= 0.3 is 0 Å². The first-order chi connectivity index (χ1) is 13.0. The van der Waals surface area contributed by atoms with E-state index >= 15 is 0 Å². The van der Waals surface area contributed by atoms with Gasteiger partial charge in [0.2, 0.25) is 5.91 Å². The number of carbonyl (C=O) groups excluding carboxylic acids is 1. The zero-order valence-corrected chi connectivity index (χ0v) is 15.7. The smallest absolute Gasteiger partial charge is 0.245 e. The Balaban J connectivity index is 0.000000253. The molecule has 1 aromatic heterocycles. The molecule has 1 atom stereocenters. The molecule has 2 aromatic carbocycles. The number of aryl methyl sites for hydroxylation is 1. The second-order valence-corrected chi connectivity index (χ2v) is 6.44. The normalized spacial score (nSPS) is 15.7. The molecule has 1 amide bonds. The number of amides is 1. The van der Waals surface area contributed by atoms with Gasteiger partial charge in [0.15, 0.2) is 0 Å². The number of rotatable bonds is 2. The summed E-state index contributed by atoms with van der Waals surface area (Å²) in [4.78, 5) is 14.0. The summed E-state index contributed by atoms with van der Waals surface area (Å²) >= 11 is 0. The minimum absolute atomic E-state index is 0.0305. The van der Waals surface area contributed by atoms with Crippen molar-refractivity contribution in [1.82, 2.24) is 9.78 Å². The maximum atomic E-state index is 12.3. The topological polar surface area (TPSA) is 90.2 Å². The molecule has 4 N–H and O–H groups in total. The van der Waals surface area contributed by atoms with Gasteiger partial charge in [-0.1, -0.05) is 36.4 Å². The fourth-order valence-electron chi connectivity index (χ4n) is 3.18. The Labute approximate surface area is 159 Å². The number of hydrogen-bond acceptors (Lipinski definition) is 4. The van der Waals surface area contributed by atoms with Crippen LogP contribution in [0.25, 0.3) is 5.69 Å². The van der Waals surface area contributed by atoms with Crippen molar-refractivity contribution >= 4 is 17.4 Å². The molecular weight excluding hydrogens is 338 g/mol. The molecule has 0 radical (unpaired) electrons. The Morgan fingerprint density at radius 2 is 1.67 bits per heavy atom. The molecule has 0 spiro atoms. The van der Waals surface area contributed by atoms with E-state index in [-0.39, 0.29) is 5.91 Å². The van der Waals surface area contributed by atoms with E-state index in [1.165, 1.54) is 0 Å². The average molecular weight is 363 g/mol. The molecule has 0 bridgehead atoms. The van der Waals surface area contributed by atoms with Crippen LogP contribution in [0.5, 0.6) is 0 Å². The number of hydrogen-bond donors (Lipinski definition) is 2. The highest BCUT2D eigenvalue weighted by Crippen LogP contribution is 2.32. The number of carbonyl (C=O) groups is 1. The molecule has 1 aliphatic rings. The van der Waals surface area contributed by atoms with Crippen molar-refractivity contribution in [3.8, 4) is 5.69 Å². The monoisotopic (exact) mass is 363 g/mol. The predicted octanol–water partition coefficient (Wildman–Crippen LogP) is 2.69. The Morgan fingerprint density at radius 1 is 1.07 bits per heavy atom. The minimum atomic E-state index is -0.463. The second-order valence-electron chi connectivity index (χ2n) is 6.44. The van der Waals surface area contributed by atoms with E-state index in [9.17, 15) is 4.79 Å². The Kier molecular flexibility index (Phi) is 5.57. The summed E-state index contributed by atoms with van der Waals surface area (Å²) in [7, 11) is 0. The summed E-state index contributed by atoms with van der Waals surface area (Å²) in [6.07, 6.45) is 0.559. The number of nitrogen functional groups attached to an aromatic ring is 1. The van der Waals surface area contributed by atoms with Gasteiger partial charge in [0.25, 0.3) is 0 Å². The van der Waals surface area contributed by atoms with Gasteiger partial charge in [0.1, 0.15) is 5.82 Å². The predicted molar refractivity (Wildman–Crippen MR) is 109 cm³/mol. The molecule has 4 rings (SSSR count). The third-order valence-electron chi connectivity index (χ3n) is 4.54. The first kappa shape index (κ1) is 18.7. The van der Waals surface area contributed by atoms with E-state index in [0.717, 1.165) is 28.5 Å². The SMILES string of the molecule is CCN1C(=O)C(N)Cc2c(C)nn(-c3ccccc3)c21.Nc1ccccc1. The van der Waals surface area contributed by atoms with Crippen LogP contribution in [0.1, 0.15) is 18.2 Å². The van der Waals surface area contributed by atoms with E-state index in [1.54, 1.807) is 4.90 Å². The summed E-state index contributed by atoms with van der Waals surface area (Å²) in [6.45, 7) is 4.52. The van der Waals surface area contributed by atoms with Crippen molar-refractivity contribution in [3.05, 3.63) is 71.9 Å². The lowest BCUT2D eigenvalue weighted by molar-refractivity contribution is -0.120. The third kappa shape index (κ3) is 3.85. The van der Waals surface area contributed by atoms with Gasteiger partial charge in [0, 0.05) is 24.2 Å². The highest BCUT2D eigenvalue weighted by atomic mass is 16.2. The highest BCUT2D eigenvalue weighted by Gasteiger charge is 2.34. The number of nitrogens with two attached hydrogens (primary N) is 2. The molecule has 0 saturated heterocycles. The first-order valence-corrected chi connectivity index (χ1v) is 9.04. The molecule has 2 heterocycles. The van der Waals surface area contributed by atoms with Crippen molar-refractivity contribution in [2.75, 3.05) is 17.2 Å². The van der Waals surface area contributed by atoms with Crippen molar-refractivity contribution < 1.29 is 4.79 Å². The molecule has 1 aliphatic heterocycles. The molecule has 3 aromatic rings. The van der Waals surface area contributed by atoms with Crippen molar-refractivity contribution in [2.24, 2.45) is 5.73 Å². The number of likely N-dealkylation sites (N-methyl/N-ethyl adjacent to an activating group) is 1. The van der Waals surface area contributed by atoms with Gasteiger partial charge in [-0.05, 0) is 38.1 Å². The van der Waals surface area contributed by atoms with Crippen LogP contribution in [0.15, 0.2) is 60.7 Å². The van der Waals surface area contributed by atoms with Gasteiger partial charge < -0.3 is 11.5 Å². The zero-order valence-electron chi connectivity index (χ0n) is 15.7. The van der Waals surface area contributed by atoms with E-state index in [0.29, 0.717) is 13.0 Å². The molecule has 6 nitrogen and oxygen atoms in total. The third-order valence-corrected chi connectivity index (χ3v) is 4.54. The summed E-state index contributed by atoms with van der Waals surface area (Å²) < 4.78 is 1.85. The second kappa shape index (κ2) is 8.05. The quantitative estimate of drug-likeness (QED) is 0.685. The largest absolute Gasteiger partial charge is 0.399 e. The number of benzene rings is 2. The van der Waals surface area contributed by atoms with Crippen LogP contribution >= 0.6 is 0 Å². The average Bonchev–Trinajstić information content (AvgIpc) is 3.01. The molecule has 0 saturated carbocycles. The minimum Gasteiger partial charge on any atom is -0.399 e. The maximum absolute atomic E-state index is 12.3. The van der Waals surface area contributed by atoms with E-state index in [4.69, 9.17) is 11.5 Å². The molecule has 0 aliphatic carbocycles. The lowest BCUT2D eigenvalue weighted by atomic mass is 10.0. The first-order valence-electron chi connectivity index (χ1n) is 9.04. The van der Waals surface area contributed by atoms with Crippen LogP contribution in [0.4, 0.5) is 11.5 Å². The fourth-order valence-corrected chi connectivity index (χ4v) is 3.18. The number of para-hydroxylation sites is 2. The Morgan fingerprint density at radius 3 is 2.19 bits per heavy atom. The number of fused-ring (bicyclic) bond motifs is 1. The number of anilines is 2. The lowest BCUT2D eigenvalue weighted by Gasteiger charge is -2.30. The number of nitrogens with zero attached hydrogens (tertiary/aromatic N) is 3. The molecular formula is C21H25N5O. The van der Waals surface area contributed by atoms with Crippen LogP contribution in [-0.2, 0) is 11.2 Å². The van der Waals surface area contributed by atoms with Gasteiger partial charge in [-0.25, -0.2) is 4.68 Å². The van der Waals surface area contributed by atoms with Crippen molar-refractivity contribution in [2.45, 2.75) is 26.3 Å². The van der Waals surface area contributed by atoms with E-state index in [2.05, 4.69) is 5.10 Å². The molecule has 27 heavy (non-hydrogen) atoms. The van der Waals surface area contributed by atoms with E-state index in [1.807, 2.05) is 79.2 Å². The van der Waals surface area contributed by atoms with Gasteiger partial charge in [0.05, 0.1) is 17.4 Å². The molecule has 1 unspecified atom stereocenters. The van der Waals surface area contributed by atoms with Crippen molar-refractivity contribution in [1.29, 1.82) is 0 Å². The lowest BCUT2D eigenvalue weighted by Crippen LogP contribution is -2.49. The van der Waals surface area contributed by atoms with Crippen LogP contribution < -0.4 is 16.4 Å². The van der Waals surface area contributed by atoms with Gasteiger partial charge in [-0.3, -0.25) is 9.69 Å². The summed E-state index contributed by atoms with van der Waals surface area (Å²) in [5, 5.41) is 4.60. The standard InChI is InChI=1S/C15H18N4O.C6H7N/c1-3-18-14-12(9-13(16)15(18)20)10(2)17-19(14)11-7-5-4-6-8-11;7-6-4-2-1-3-5-6/h4-8,13H,3,9,16H2,1-2H3;1-5H,7H2. The fraction of sp³-hybridized carbons (Fsp3) is 0.238. The maximum Gasteiger partial charge on any atom is 0.245 e. The van der Waals surface area contributed by atoms with Crippen LogP contribution in [0.2, 0.25) is 0 Å². The Hall–Kier alpha value is -3.12. The van der Waals surface area contributed by atoms with Gasteiger partial charge in [-0.2, -0.15) is 5.10 Å². The summed E-state index contributed by atoms with van der Waals surface area (Å²) in [6, 6.07) is 18.9. The zero-order chi connectivity index (χ0) is 19.4. The van der Waals surface area contributed by atoms with E-state index < -0.39 is 6.04 Å². The van der Waals surface area contributed by atoms with Crippen LogP contribution in [0.3, 0.4) is 0 Å².